The van der Waals surface area contributed by atoms with Gasteiger partial charge in [-0.25, -0.2) is 0 Å². The molecule has 4 bridgehead atoms. The Balaban J connectivity index is 1.52. The lowest BCUT2D eigenvalue weighted by molar-refractivity contribution is -0.0632. The van der Waals surface area contributed by atoms with Crippen LogP contribution in [0.3, 0.4) is 0 Å². The number of hydrogen-bond acceptors (Lipinski definition) is 1. The van der Waals surface area contributed by atoms with Gasteiger partial charge in [0.15, 0.2) is 0 Å². The average Bonchev–Trinajstić information content (AvgIpc) is 2.45. The van der Waals surface area contributed by atoms with E-state index >= 15 is 0 Å². The first-order valence-corrected chi connectivity index (χ1v) is 8.79. The Hall–Kier alpha value is -0.820. The van der Waals surface area contributed by atoms with Crippen LogP contribution < -0.4 is 0 Å². The van der Waals surface area contributed by atoms with Crippen molar-refractivity contribution < 1.29 is 0 Å². The van der Waals surface area contributed by atoms with Crippen LogP contribution in [0.2, 0.25) is 5.02 Å². The third kappa shape index (κ3) is 2.54. The van der Waals surface area contributed by atoms with Crippen molar-refractivity contribution in [3.8, 4) is 0 Å². The van der Waals surface area contributed by atoms with Crippen LogP contribution in [0.25, 0.3) is 0 Å². The molecule has 1 aromatic rings. The SMILES string of the molecule is C[C@H](N=Cc1ccc(Cl)cc1)C12CC3CC(CC(C3)C1)C2. The zero-order valence-electron chi connectivity index (χ0n) is 12.8. The Labute approximate surface area is 132 Å². The molecule has 112 valence electrons. The number of halogens is 1. The minimum Gasteiger partial charge on any atom is -0.289 e. The maximum absolute atomic E-state index is 5.94. The van der Waals surface area contributed by atoms with Gasteiger partial charge in [-0.3, -0.25) is 4.99 Å². The summed E-state index contributed by atoms with van der Waals surface area (Å²) in [6, 6.07) is 8.45. The highest BCUT2D eigenvalue weighted by Crippen LogP contribution is 2.61. The van der Waals surface area contributed by atoms with E-state index < -0.39 is 0 Å². The van der Waals surface area contributed by atoms with Gasteiger partial charge in [0.1, 0.15) is 0 Å². The van der Waals surface area contributed by atoms with E-state index in [0.29, 0.717) is 11.5 Å². The summed E-state index contributed by atoms with van der Waals surface area (Å²) in [5.74, 6) is 3.01. The maximum Gasteiger partial charge on any atom is 0.0528 e. The third-order valence-electron chi connectivity index (χ3n) is 6.29. The molecule has 0 aliphatic heterocycles. The van der Waals surface area contributed by atoms with Gasteiger partial charge < -0.3 is 0 Å². The first kappa shape index (κ1) is 13.8. The summed E-state index contributed by atoms with van der Waals surface area (Å²) in [4.78, 5) is 4.95. The molecule has 4 fully saturated rings. The fraction of sp³-hybridized carbons (Fsp3) is 0.632. The van der Waals surface area contributed by atoms with E-state index in [9.17, 15) is 0 Å². The summed E-state index contributed by atoms with van der Waals surface area (Å²) in [6.07, 6.45) is 10.9. The number of benzene rings is 1. The number of rotatable bonds is 3. The number of aliphatic imine (C=N–C) groups is 1. The number of hydrogen-bond donors (Lipinski definition) is 0. The molecule has 5 rings (SSSR count). The van der Waals surface area contributed by atoms with Crippen LogP contribution in [-0.2, 0) is 0 Å². The van der Waals surface area contributed by atoms with Gasteiger partial charge in [0, 0.05) is 11.2 Å². The number of nitrogens with zero attached hydrogens (tertiary/aromatic N) is 1. The van der Waals surface area contributed by atoms with Crippen molar-refractivity contribution in [3.05, 3.63) is 34.9 Å². The summed E-state index contributed by atoms with van der Waals surface area (Å²) in [5, 5.41) is 0.793. The van der Waals surface area contributed by atoms with Crippen LogP contribution in [0.5, 0.6) is 0 Å². The lowest BCUT2D eigenvalue weighted by Crippen LogP contribution is -2.50. The second kappa shape index (κ2) is 5.12. The lowest BCUT2D eigenvalue weighted by atomic mass is 9.48. The van der Waals surface area contributed by atoms with Crippen LogP contribution in [-0.4, -0.2) is 12.3 Å². The molecule has 1 aromatic carbocycles. The van der Waals surface area contributed by atoms with Crippen molar-refractivity contribution in [1.29, 1.82) is 0 Å². The molecule has 4 aliphatic rings. The fourth-order valence-electron chi connectivity index (χ4n) is 5.59. The summed E-state index contributed by atoms with van der Waals surface area (Å²) >= 11 is 5.94. The quantitative estimate of drug-likeness (QED) is 0.666. The second-order valence-electron chi connectivity index (χ2n) is 7.79. The van der Waals surface area contributed by atoms with E-state index in [1.807, 2.05) is 12.1 Å². The van der Waals surface area contributed by atoms with Gasteiger partial charge in [0.05, 0.1) is 6.04 Å². The zero-order chi connectivity index (χ0) is 14.4. The smallest absolute Gasteiger partial charge is 0.0528 e. The fourth-order valence-corrected chi connectivity index (χ4v) is 5.72. The summed E-state index contributed by atoms with van der Waals surface area (Å²) < 4.78 is 0. The first-order valence-electron chi connectivity index (χ1n) is 8.42. The highest BCUT2D eigenvalue weighted by atomic mass is 35.5. The van der Waals surface area contributed by atoms with Crippen molar-refractivity contribution in [1.82, 2.24) is 0 Å². The standard InChI is InChI=1S/C19H24ClN/c1-13(21-12-14-2-4-18(20)5-3-14)19-9-15-6-16(10-19)8-17(7-15)11-19/h2-5,12-13,15-17H,6-11H2,1H3/t13-,15?,16?,17?,19?/m0/s1. The predicted octanol–water partition coefficient (Wildman–Crippen LogP) is 5.36. The molecule has 4 saturated carbocycles. The summed E-state index contributed by atoms with van der Waals surface area (Å²) in [6.45, 7) is 2.35. The molecule has 0 unspecified atom stereocenters. The molecular weight excluding hydrogens is 278 g/mol. The van der Waals surface area contributed by atoms with Crippen molar-refractivity contribution >= 4 is 17.8 Å². The zero-order valence-corrected chi connectivity index (χ0v) is 13.5. The molecule has 0 heterocycles. The maximum atomic E-state index is 5.94. The molecule has 0 N–H and O–H groups in total. The molecule has 2 heteroatoms. The normalized spacial score (nSPS) is 39.0. The van der Waals surface area contributed by atoms with E-state index in [4.69, 9.17) is 16.6 Å². The Morgan fingerprint density at radius 3 is 2.10 bits per heavy atom. The molecular formula is C19H24ClN. The van der Waals surface area contributed by atoms with Gasteiger partial charge >= 0.3 is 0 Å². The molecule has 0 amide bonds. The van der Waals surface area contributed by atoms with E-state index in [2.05, 4.69) is 25.3 Å². The van der Waals surface area contributed by atoms with Gasteiger partial charge in [-0.1, -0.05) is 23.7 Å². The van der Waals surface area contributed by atoms with Crippen LogP contribution in [0.1, 0.15) is 51.0 Å². The van der Waals surface area contributed by atoms with Crippen molar-refractivity contribution in [3.63, 3.8) is 0 Å². The molecule has 0 spiro atoms. The van der Waals surface area contributed by atoms with E-state index in [1.54, 1.807) is 0 Å². The summed E-state index contributed by atoms with van der Waals surface area (Å²) in [5.41, 5.74) is 1.67. The van der Waals surface area contributed by atoms with E-state index in [1.165, 1.54) is 38.5 Å². The predicted molar refractivity (Wildman–Crippen MR) is 89.1 cm³/mol. The van der Waals surface area contributed by atoms with Gasteiger partial charge in [0.25, 0.3) is 0 Å². The van der Waals surface area contributed by atoms with Crippen LogP contribution in [0, 0.1) is 23.2 Å². The Bertz CT molecular complexity index is 510. The highest BCUT2D eigenvalue weighted by Gasteiger charge is 2.53. The second-order valence-corrected chi connectivity index (χ2v) is 8.22. The van der Waals surface area contributed by atoms with Crippen molar-refractivity contribution in [2.24, 2.45) is 28.2 Å². The topological polar surface area (TPSA) is 12.4 Å². The minimum absolute atomic E-state index is 0.460. The van der Waals surface area contributed by atoms with Crippen LogP contribution in [0.15, 0.2) is 29.3 Å². The van der Waals surface area contributed by atoms with Gasteiger partial charge in [-0.2, -0.15) is 0 Å². The third-order valence-corrected chi connectivity index (χ3v) is 6.54. The Kier molecular flexibility index (Phi) is 3.37. The average molecular weight is 302 g/mol. The molecule has 4 aliphatic carbocycles. The van der Waals surface area contributed by atoms with E-state index in [-0.39, 0.29) is 0 Å². The molecule has 0 radical (unpaired) electrons. The Morgan fingerprint density at radius 2 is 1.57 bits per heavy atom. The summed E-state index contributed by atoms with van der Waals surface area (Å²) in [7, 11) is 0. The lowest BCUT2D eigenvalue weighted by Gasteiger charge is -2.58. The van der Waals surface area contributed by atoms with Crippen molar-refractivity contribution in [2.75, 3.05) is 0 Å². The largest absolute Gasteiger partial charge is 0.289 e. The first-order chi connectivity index (χ1) is 10.1. The minimum atomic E-state index is 0.460. The van der Waals surface area contributed by atoms with Crippen LogP contribution >= 0.6 is 11.6 Å². The molecule has 1 nitrogen and oxygen atoms in total. The van der Waals surface area contributed by atoms with Crippen LogP contribution in [0.4, 0.5) is 0 Å². The van der Waals surface area contributed by atoms with Gasteiger partial charge in [-0.05, 0) is 86.3 Å². The van der Waals surface area contributed by atoms with Gasteiger partial charge in [-0.15, -0.1) is 0 Å². The van der Waals surface area contributed by atoms with Crippen molar-refractivity contribution in [2.45, 2.75) is 51.5 Å². The molecule has 0 saturated heterocycles. The molecule has 21 heavy (non-hydrogen) atoms. The van der Waals surface area contributed by atoms with Gasteiger partial charge in [0.2, 0.25) is 0 Å². The molecule has 1 atom stereocenters. The Morgan fingerprint density at radius 1 is 1.05 bits per heavy atom. The highest BCUT2D eigenvalue weighted by molar-refractivity contribution is 6.30. The monoisotopic (exact) mass is 301 g/mol. The van der Waals surface area contributed by atoms with E-state index in [0.717, 1.165) is 28.3 Å². The molecule has 0 aromatic heterocycles.